The van der Waals surface area contributed by atoms with Gasteiger partial charge < -0.3 is 15.5 Å². The Labute approximate surface area is 197 Å². The fraction of sp³-hybridized carbons (Fsp3) is 0.208. The molecule has 0 bridgehead atoms. The van der Waals surface area contributed by atoms with Crippen molar-refractivity contribution in [2.75, 3.05) is 18.4 Å². The topological polar surface area (TPSA) is 108 Å². The van der Waals surface area contributed by atoms with E-state index in [0.29, 0.717) is 18.8 Å². The van der Waals surface area contributed by atoms with Gasteiger partial charge in [0.25, 0.3) is 5.91 Å². The largest absolute Gasteiger partial charge is 0.339 e. The highest BCUT2D eigenvalue weighted by Gasteiger charge is 2.22. The Hall–Kier alpha value is -3.79. The Morgan fingerprint density at radius 3 is 2.32 bits per heavy atom. The number of benzene rings is 2. The van der Waals surface area contributed by atoms with Crippen molar-refractivity contribution in [3.63, 3.8) is 0 Å². The summed E-state index contributed by atoms with van der Waals surface area (Å²) >= 11 is 0. The fourth-order valence-electron chi connectivity index (χ4n) is 3.25. The van der Waals surface area contributed by atoms with Gasteiger partial charge >= 0.3 is 6.03 Å². The average molecular weight is 485 g/mol. The molecule has 0 aliphatic rings. The lowest BCUT2D eigenvalue weighted by Crippen LogP contribution is -2.30. The standard InChI is InChI=1S/C24H25FN4O4S/c1-3-29(4-2)23(30)18-12-19(25)14-22(13-18)34(32,33)21-9-7-20(8-10-21)28-24(31)27-16-17-6-5-11-26-15-17/h5-15H,3-4,16H2,1-2H3,(H2,27,28,31). The third kappa shape index (κ3) is 5.96. The summed E-state index contributed by atoms with van der Waals surface area (Å²) in [4.78, 5) is 29.7. The maximum absolute atomic E-state index is 14.2. The Bertz CT molecular complexity index is 1260. The normalized spacial score (nSPS) is 11.0. The minimum Gasteiger partial charge on any atom is -0.339 e. The Balaban J connectivity index is 1.74. The number of rotatable bonds is 8. The molecule has 0 saturated carbocycles. The molecule has 3 amide bonds. The van der Waals surface area contributed by atoms with E-state index in [1.54, 1.807) is 32.3 Å². The number of hydrogen-bond acceptors (Lipinski definition) is 5. The number of urea groups is 1. The van der Waals surface area contributed by atoms with Crippen LogP contribution in [0.5, 0.6) is 0 Å². The second kappa shape index (κ2) is 10.9. The summed E-state index contributed by atoms with van der Waals surface area (Å²) in [5, 5.41) is 5.29. The highest BCUT2D eigenvalue weighted by atomic mass is 32.2. The Morgan fingerprint density at radius 2 is 1.71 bits per heavy atom. The molecule has 3 aromatic rings. The maximum Gasteiger partial charge on any atom is 0.319 e. The van der Waals surface area contributed by atoms with E-state index in [9.17, 15) is 22.4 Å². The Morgan fingerprint density at radius 1 is 1.00 bits per heavy atom. The lowest BCUT2D eigenvalue weighted by Gasteiger charge is -2.19. The van der Waals surface area contributed by atoms with Crippen molar-refractivity contribution < 1.29 is 22.4 Å². The molecule has 1 aromatic heterocycles. The number of nitrogens with zero attached hydrogens (tertiary/aromatic N) is 2. The minimum atomic E-state index is -4.09. The number of sulfone groups is 1. The van der Waals surface area contributed by atoms with E-state index in [4.69, 9.17) is 0 Å². The number of carbonyl (C=O) groups is 2. The van der Waals surface area contributed by atoms with Gasteiger partial charge in [-0.15, -0.1) is 0 Å². The summed E-state index contributed by atoms with van der Waals surface area (Å²) < 4.78 is 40.3. The molecule has 0 aliphatic carbocycles. The monoisotopic (exact) mass is 484 g/mol. The quantitative estimate of drug-likeness (QED) is 0.505. The van der Waals surface area contributed by atoms with Gasteiger partial charge in [0.2, 0.25) is 9.84 Å². The first-order valence-corrected chi connectivity index (χ1v) is 12.1. The lowest BCUT2D eigenvalue weighted by atomic mass is 10.2. The van der Waals surface area contributed by atoms with Crippen molar-refractivity contribution in [3.05, 3.63) is 83.9 Å². The van der Waals surface area contributed by atoms with Crippen molar-refractivity contribution in [2.24, 2.45) is 0 Å². The second-order valence-corrected chi connectivity index (χ2v) is 9.30. The number of nitrogens with one attached hydrogen (secondary N) is 2. The van der Waals surface area contributed by atoms with E-state index >= 15 is 0 Å². The molecule has 2 aromatic carbocycles. The zero-order chi connectivity index (χ0) is 24.7. The van der Waals surface area contributed by atoms with Crippen LogP contribution in [0.3, 0.4) is 0 Å². The first-order chi connectivity index (χ1) is 16.2. The number of amides is 3. The van der Waals surface area contributed by atoms with Gasteiger partial charge in [-0.2, -0.15) is 0 Å². The molecular formula is C24H25FN4O4S. The van der Waals surface area contributed by atoms with Crippen LogP contribution < -0.4 is 10.6 Å². The number of hydrogen-bond donors (Lipinski definition) is 2. The summed E-state index contributed by atoms with van der Waals surface area (Å²) in [7, 11) is -4.09. The molecule has 10 heteroatoms. The van der Waals surface area contributed by atoms with Crippen LogP contribution in [0.2, 0.25) is 0 Å². The molecule has 178 valence electrons. The minimum absolute atomic E-state index is 0.0363. The molecule has 2 N–H and O–H groups in total. The summed E-state index contributed by atoms with van der Waals surface area (Å²) in [5.74, 6) is -1.27. The van der Waals surface area contributed by atoms with Crippen molar-refractivity contribution in [2.45, 2.75) is 30.2 Å². The first-order valence-electron chi connectivity index (χ1n) is 10.6. The summed E-state index contributed by atoms with van der Waals surface area (Å²) in [6.07, 6.45) is 3.26. The summed E-state index contributed by atoms with van der Waals surface area (Å²) in [5.41, 5.74) is 1.16. The summed E-state index contributed by atoms with van der Waals surface area (Å²) in [6.45, 7) is 4.68. The lowest BCUT2D eigenvalue weighted by molar-refractivity contribution is 0.0772. The highest BCUT2D eigenvalue weighted by molar-refractivity contribution is 7.91. The van der Waals surface area contributed by atoms with Crippen molar-refractivity contribution in [3.8, 4) is 0 Å². The van der Waals surface area contributed by atoms with Gasteiger partial charge in [-0.1, -0.05) is 6.07 Å². The van der Waals surface area contributed by atoms with Crippen molar-refractivity contribution in [1.82, 2.24) is 15.2 Å². The number of halogens is 1. The van der Waals surface area contributed by atoms with Crippen LogP contribution in [-0.2, 0) is 16.4 Å². The molecule has 0 aliphatic heterocycles. The van der Waals surface area contributed by atoms with E-state index in [0.717, 1.165) is 17.7 Å². The van der Waals surface area contributed by atoms with Crippen molar-refractivity contribution >= 4 is 27.5 Å². The van der Waals surface area contributed by atoms with Gasteiger partial charge in [-0.3, -0.25) is 9.78 Å². The molecule has 0 fully saturated rings. The Kier molecular flexibility index (Phi) is 7.95. The maximum atomic E-state index is 14.2. The smallest absolute Gasteiger partial charge is 0.319 e. The van der Waals surface area contributed by atoms with Gasteiger partial charge in [0, 0.05) is 43.3 Å². The predicted octanol–water partition coefficient (Wildman–Crippen LogP) is 3.86. The van der Waals surface area contributed by atoms with Gasteiger partial charge in [0.1, 0.15) is 5.82 Å². The van der Waals surface area contributed by atoms with Crippen LogP contribution in [-0.4, -0.2) is 43.3 Å². The second-order valence-electron chi connectivity index (χ2n) is 7.35. The average Bonchev–Trinajstić information content (AvgIpc) is 2.84. The van der Waals surface area contributed by atoms with E-state index in [1.807, 2.05) is 6.07 Å². The SMILES string of the molecule is CCN(CC)C(=O)c1cc(F)cc(S(=O)(=O)c2ccc(NC(=O)NCc3cccnc3)cc2)c1. The van der Waals surface area contributed by atoms with Crippen LogP contribution in [0.4, 0.5) is 14.9 Å². The van der Waals surface area contributed by atoms with Crippen LogP contribution in [0.15, 0.2) is 76.8 Å². The molecule has 3 rings (SSSR count). The van der Waals surface area contributed by atoms with E-state index in [-0.39, 0.29) is 21.9 Å². The van der Waals surface area contributed by atoms with Crippen LogP contribution >= 0.6 is 0 Å². The van der Waals surface area contributed by atoms with Gasteiger partial charge in [0.05, 0.1) is 9.79 Å². The molecule has 0 spiro atoms. The van der Waals surface area contributed by atoms with Crippen LogP contribution in [0, 0.1) is 5.82 Å². The summed E-state index contributed by atoms with van der Waals surface area (Å²) in [6, 6.07) is 11.7. The zero-order valence-corrected chi connectivity index (χ0v) is 19.6. The number of carbonyl (C=O) groups excluding carboxylic acids is 2. The van der Waals surface area contributed by atoms with E-state index in [1.165, 1.54) is 35.2 Å². The molecule has 0 atom stereocenters. The molecule has 1 heterocycles. The van der Waals surface area contributed by atoms with Crippen molar-refractivity contribution in [1.29, 1.82) is 0 Å². The highest BCUT2D eigenvalue weighted by Crippen LogP contribution is 2.25. The molecule has 0 radical (unpaired) electrons. The fourth-order valence-corrected chi connectivity index (χ4v) is 4.56. The van der Waals surface area contributed by atoms with Crippen LogP contribution in [0.1, 0.15) is 29.8 Å². The van der Waals surface area contributed by atoms with Gasteiger partial charge in [-0.25, -0.2) is 17.6 Å². The molecule has 34 heavy (non-hydrogen) atoms. The molecule has 8 nitrogen and oxygen atoms in total. The molecule has 0 unspecified atom stereocenters. The molecule has 0 saturated heterocycles. The van der Waals surface area contributed by atoms with Crippen LogP contribution in [0.25, 0.3) is 0 Å². The van der Waals surface area contributed by atoms with E-state index < -0.39 is 27.6 Å². The molecular weight excluding hydrogens is 459 g/mol. The van der Waals surface area contributed by atoms with E-state index in [2.05, 4.69) is 15.6 Å². The third-order valence-electron chi connectivity index (χ3n) is 5.08. The third-order valence-corrected chi connectivity index (χ3v) is 6.83. The number of pyridine rings is 1. The predicted molar refractivity (Wildman–Crippen MR) is 126 cm³/mol. The number of aromatic nitrogens is 1. The first kappa shape index (κ1) is 24.8. The van der Waals surface area contributed by atoms with Gasteiger partial charge in [0.15, 0.2) is 0 Å². The zero-order valence-electron chi connectivity index (χ0n) is 18.8. The number of anilines is 1. The van der Waals surface area contributed by atoms with Gasteiger partial charge in [-0.05, 0) is 67.9 Å².